The average molecular weight is 514 g/mol. The molecule has 12 heteroatoms. The number of amidine groups is 1. The van der Waals surface area contributed by atoms with Gasteiger partial charge in [0.15, 0.2) is 0 Å². The largest absolute Gasteiger partial charge is 0.465 e. The molecule has 0 atom stereocenters. The molecule has 1 N–H and O–H groups in total. The smallest absolute Gasteiger partial charge is 0.413 e. The zero-order chi connectivity index (χ0) is 26.3. The van der Waals surface area contributed by atoms with E-state index in [1.807, 2.05) is 6.07 Å². The van der Waals surface area contributed by atoms with Crippen LogP contribution in [0.5, 0.6) is 0 Å². The minimum atomic E-state index is -3.87. The first-order chi connectivity index (χ1) is 17.1. The van der Waals surface area contributed by atoms with Crippen molar-refractivity contribution in [3.05, 3.63) is 65.2 Å². The molecule has 2 aromatic rings. The second-order valence-corrected chi connectivity index (χ2v) is 10.1. The molecule has 0 fully saturated rings. The van der Waals surface area contributed by atoms with Crippen molar-refractivity contribution in [3.63, 3.8) is 0 Å². The molecule has 0 saturated carbocycles. The van der Waals surface area contributed by atoms with E-state index < -0.39 is 16.1 Å². The number of ether oxygens (including phenoxy) is 1. The van der Waals surface area contributed by atoms with Gasteiger partial charge in [0, 0.05) is 32.7 Å². The number of aliphatic imine (C=N–C) groups is 1. The summed E-state index contributed by atoms with van der Waals surface area (Å²) < 4.78 is 31.9. The quantitative estimate of drug-likeness (QED) is 0.475. The van der Waals surface area contributed by atoms with Crippen molar-refractivity contribution in [1.29, 1.82) is 5.26 Å². The van der Waals surface area contributed by atoms with E-state index in [2.05, 4.69) is 4.99 Å². The predicted molar refractivity (Wildman–Crippen MR) is 131 cm³/mol. The Bertz CT molecular complexity index is 1290. The highest BCUT2D eigenvalue weighted by molar-refractivity contribution is 7.89. The number of nitriles is 1. The van der Waals surface area contributed by atoms with Gasteiger partial charge in [0.1, 0.15) is 18.5 Å². The van der Waals surface area contributed by atoms with Crippen LogP contribution in [-0.2, 0) is 26.1 Å². The fourth-order valence-electron chi connectivity index (χ4n) is 3.54. The fraction of sp³-hybridized carbons (Fsp3) is 0.333. The van der Waals surface area contributed by atoms with Crippen LogP contribution in [0.4, 0.5) is 4.79 Å². The van der Waals surface area contributed by atoms with Crippen molar-refractivity contribution in [2.75, 3.05) is 46.9 Å². The Balaban J connectivity index is 1.46. The Morgan fingerprint density at radius 1 is 1.17 bits per heavy atom. The number of carbonyl (C=O) groups excluding carboxylic acids is 1. The lowest BCUT2D eigenvalue weighted by Crippen LogP contribution is -2.34. The Kier molecular flexibility index (Phi) is 8.76. The number of rotatable bonds is 10. The lowest BCUT2D eigenvalue weighted by molar-refractivity contribution is -0.135. The van der Waals surface area contributed by atoms with Crippen LogP contribution in [-0.4, -0.2) is 92.4 Å². The van der Waals surface area contributed by atoms with E-state index in [9.17, 15) is 23.1 Å². The molecule has 2 aromatic carbocycles. The molecule has 36 heavy (non-hydrogen) atoms. The minimum absolute atomic E-state index is 0.000909. The molecular weight excluding hydrogens is 486 g/mol. The van der Waals surface area contributed by atoms with E-state index in [0.29, 0.717) is 31.0 Å². The number of likely N-dealkylation sites (N-methyl/N-ethyl adjacent to an activating group) is 2. The summed E-state index contributed by atoms with van der Waals surface area (Å²) in [6.07, 6.45) is -1.04. The van der Waals surface area contributed by atoms with E-state index in [1.54, 1.807) is 43.4 Å². The molecular formula is C24H27N5O6S. The summed E-state index contributed by atoms with van der Waals surface area (Å²) in [7, 11) is -0.853. The number of sulfonamides is 1. The van der Waals surface area contributed by atoms with Gasteiger partial charge < -0.3 is 14.7 Å². The van der Waals surface area contributed by atoms with Crippen LogP contribution in [0, 0.1) is 11.3 Å². The first-order valence-corrected chi connectivity index (χ1v) is 12.5. The van der Waals surface area contributed by atoms with Gasteiger partial charge in [0.05, 0.1) is 30.2 Å². The Hall–Kier alpha value is -3.79. The van der Waals surface area contributed by atoms with E-state index in [-0.39, 0.29) is 36.1 Å². The SMILES string of the molecule is CN(Cc1ccc(C2=NCCN2C(=O)O)cc1)C(=O)COCCN(C)S(=O)(=O)c1ccccc1C#N. The van der Waals surface area contributed by atoms with Crippen LogP contribution in [0.25, 0.3) is 0 Å². The van der Waals surface area contributed by atoms with Gasteiger partial charge in [0.25, 0.3) is 0 Å². The van der Waals surface area contributed by atoms with Gasteiger partial charge in [-0.05, 0) is 17.7 Å². The van der Waals surface area contributed by atoms with Crippen LogP contribution < -0.4 is 0 Å². The van der Waals surface area contributed by atoms with Gasteiger partial charge in [0.2, 0.25) is 15.9 Å². The topological polar surface area (TPSA) is 144 Å². The number of carbonyl (C=O) groups is 2. The van der Waals surface area contributed by atoms with Gasteiger partial charge in [-0.15, -0.1) is 0 Å². The summed E-state index contributed by atoms with van der Waals surface area (Å²) in [5.74, 6) is 0.131. The van der Waals surface area contributed by atoms with Gasteiger partial charge in [-0.3, -0.25) is 14.7 Å². The molecule has 0 unspecified atom stereocenters. The van der Waals surface area contributed by atoms with Gasteiger partial charge in [-0.2, -0.15) is 9.57 Å². The summed E-state index contributed by atoms with van der Waals surface area (Å²) in [5.41, 5.74) is 1.59. The van der Waals surface area contributed by atoms with Crippen LogP contribution in [0.15, 0.2) is 58.4 Å². The molecule has 190 valence electrons. The van der Waals surface area contributed by atoms with Crippen LogP contribution in [0.2, 0.25) is 0 Å². The summed E-state index contributed by atoms with van der Waals surface area (Å²) in [6, 6.07) is 15.0. The lowest BCUT2D eigenvalue weighted by Gasteiger charge is -2.20. The first kappa shape index (κ1) is 26.8. The van der Waals surface area contributed by atoms with E-state index in [1.165, 1.54) is 29.0 Å². The van der Waals surface area contributed by atoms with Crippen molar-refractivity contribution in [3.8, 4) is 6.07 Å². The second-order valence-electron chi connectivity index (χ2n) is 8.07. The third-order valence-corrected chi connectivity index (χ3v) is 7.52. The molecule has 0 radical (unpaired) electrons. The summed E-state index contributed by atoms with van der Waals surface area (Å²) in [5, 5.41) is 18.4. The maximum atomic E-state index is 12.7. The summed E-state index contributed by atoms with van der Waals surface area (Å²) >= 11 is 0. The molecule has 0 spiro atoms. The number of benzene rings is 2. The first-order valence-electron chi connectivity index (χ1n) is 11.1. The van der Waals surface area contributed by atoms with Crippen molar-refractivity contribution >= 4 is 27.9 Å². The standard InChI is InChI=1S/C24H27N5O6S/c1-27(16-18-7-9-19(10-8-18)23-26-11-12-29(23)24(31)32)22(30)17-35-14-13-28(2)36(33,34)21-6-4-3-5-20(21)15-25/h3-10H,11-14,16-17H2,1-2H3,(H,31,32). The summed E-state index contributed by atoms with van der Waals surface area (Å²) in [4.78, 5) is 30.6. The Labute approximate surface area is 209 Å². The maximum Gasteiger partial charge on any atom is 0.413 e. The normalized spacial score (nSPS) is 13.4. The molecule has 0 bridgehead atoms. The zero-order valence-electron chi connectivity index (χ0n) is 20.0. The van der Waals surface area contributed by atoms with E-state index in [4.69, 9.17) is 10.00 Å². The van der Waals surface area contributed by atoms with Crippen LogP contribution >= 0.6 is 0 Å². The molecule has 2 amide bonds. The van der Waals surface area contributed by atoms with E-state index in [0.717, 1.165) is 9.87 Å². The summed E-state index contributed by atoms with van der Waals surface area (Å²) in [6.45, 7) is 0.866. The van der Waals surface area contributed by atoms with Crippen molar-refractivity contribution < 1.29 is 27.9 Å². The van der Waals surface area contributed by atoms with Crippen molar-refractivity contribution in [1.82, 2.24) is 14.1 Å². The van der Waals surface area contributed by atoms with E-state index >= 15 is 0 Å². The highest BCUT2D eigenvalue weighted by Crippen LogP contribution is 2.18. The maximum absolute atomic E-state index is 12.7. The highest BCUT2D eigenvalue weighted by atomic mass is 32.2. The van der Waals surface area contributed by atoms with Gasteiger partial charge >= 0.3 is 6.09 Å². The molecule has 1 heterocycles. The Morgan fingerprint density at radius 2 is 1.86 bits per heavy atom. The molecule has 11 nitrogen and oxygen atoms in total. The number of nitrogens with zero attached hydrogens (tertiary/aromatic N) is 5. The van der Waals surface area contributed by atoms with Crippen molar-refractivity contribution in [2.45, 2.75) is 11.4 Å². The molecule has 3 rings (SSSR count). The Morgan fingerprint density at radius 3 is 2.53 bits per heavy atom. The molecule has 0 saturated heterocycles. The lowest BCUT2D eigenvalue weighted by atomic mass is 10.1. The van der Waals surface area contributed by atoms with Gasteiger partial charge in [-0.1, -0.05) is 36.4 Å². The molecule has 0 aliphatic carbocycles. The number of hydrogen-bond donors (Lipinski definition) is 1. The molecule has 1 aliphatic heterocycles. The van der Waals surface area contributed by atoms with Crippen LogP contribution in [0.3, 0.4) is 0 Å². The average Bonchev–Trinajstić information content (AvgIpc) is 3.37. The third-order valence-electron chi connectivity index (χ3n) is 5.60. The van der Waals surface area contributed by atoms with Crippen LogP contribution in [0.1, 0.15) is 16.7 Å². The second kappa shape index (κ2) is 11.8. The zero-order valence-corrected chi connectivity index (χ0v) is 20.8. The predicted octanol–water partition coefficient (Wildman–Crippen LogP) is 1.59. The molecule has 1 aliphatic rings. The number of amides is 2. The minimum Gasteiger partial charge on any atom is -0.465 e. The highest BCUT2D eigenvalue weighted by Gasteiger charge is 2.25. The number of carboxylic acid groups (broad SMARTS) is 1. The number of hydrogen-bond acceptors (Lipinski definition) is 7. The molecule has 0 aromatic heterocycles. The monoisotopic (exact) mass is 513 g/mol. The third kappa shape index (κ3) is 6.25. The van der Waals surface area contributed by atoms with Gasteiger partial charge in [-0.25, -0.2) is 13.2 Å². The van der Waals surface area contributed by atoms with Crippen molar-refractivity contribution in [2.24, 2.45) is 4.99 Å². The fourth-order valence-corrected chi connectivity index (χ4v) is 4.83.